The summed E-state index contributed by atoms with van der Waals surface area (Å²) in [5, 5.41) is 16.6. The van der Waals surface area contributed by atoms with E-state index in [2.05, 4.69) is 36.7 Å². The molecule has 194 valence electrons. The molecule has 6 rings (SSSR count). The number of carbonyl (C=O) groups is 1. The largest absolute Gasteiger partial charge is 0.379 e. The number of nitrogens with zero attached hydrogens (tertiary/aromatic N) is 7. The molecule has 38 heavy (non-hydrogen) atoms. The minimum Gasteiger partial charge on any atom is -0.379 e. The number of morpholine rings is 1. The zero-order valence-electron chi connectivity index (χ0n) is 21.4. The highest BCUT2D eigenvalue weighted by Gasteiger charge is 2.17. The van der Waals surface area contributed by atoms with Gasteiger partial charge in [0.1, 0.15) is 0 Å². The van der Waals surface area contributed by atoms with Gasteiger partial charge in [0.25, 0.3) is 5.91 Å². The van der Waals surface area contributed by atoms with Crippen molar-refractivity contribution < 1.29 is 9.53 Å². The van der Waals surface area contributed by atoms with Crippen LogP contribution in [0.2, 0.25) is 0 Å². The molecular formula is C27H29N9O2. The predicted molar refractivity (Wildman–Crippen MR) is 145 cm³/mol. The summed E-state index contributed by atoms with van der Waals surface area (Å²) in [6.07, 6.45) is 8.97. The van der Waals surface area contributed by atoms with Crippen molar-refractivity contribution in [3.63, 3.8) is 0 Å². The van der Waals surface area contributed by atoms with Crippen LogP contribution in [0.15, 0.2) is 55.2 Å². The number of anilines is 2. The topological polar surface area (TPSA) is 114 Å². The first-order valence-corrected chi connectivity index (χ1v) is 12.6. The molecule has 11 nitrogen and oxygen atoms in total. The maximum absolute atomic E-state index is 12.8. The summed E-state index contributed by atoms with van der Waals surface area (Å²) in [6, 6.07) is 7.87. The summed E-state index contributed by atoms with van der Waals surface area (Å²) < 4.78 is 9.08. The molecule has 0 saturated carbocycles. The zero-order chi connectivity index (χ0) is 26.1. The first-order valence-electron chi connectivity index (χ1n) is 12.6. The van der Waals surface area contributed by atoms with E-state index in [9.17, 15) is 4.79 Å². The summed E-state index contributed by atoms with van der Waals surface area (Å²) in [5.74, 6) is 0.499. The second-order valence-electron chi connectivity index (χ2n) is 9.37. The van der Waals surface area contributed by atoms with Crippen molar-refractivity contribution in [3.8, 4) is 11.1 Å². The lowest BCUT2D eigenvalue weighted by atomic mass is 10.1. The lowest BCUT2D eigenvalue weighted by molar-refractivity contribution is 0.0383. The van der Waals surface area contributed by atoms with Crippen molar-refractivity contribution in [1.29, 1.82) is 0 Å². The Balaban J connectivity index is 1.24. The van der Waals surface area contributed by atoms with E-state index < -0.39 is 0 Å². The summed E-state index contributed by atoms with van der Waals surface area (Å²) in [6.45, 7) is 6.53. The second kappa shape index (κ2) is 10.2. The molecule has 0 bridgehead atoms. The van der Waals surface area contributed by atoms with Crippen molar-refractivity contribution >= 4 is 33.8 Å². The van der Waals surface area contributed by atoms with Gasteiger partial charge in [-0.15, -0.1) is 0 Å². The van der Waals surface area contributed by atoms with Crippen molar-refractivity contribution in [2.45, 2.75) is 6.92 Å². The molecule has 0 unspecified atom stereocenters. The van der Waals surface area contributed by atoms with Gasteiger partial charge < -0.3 is 15.4 Å². The van der Waals surface area contributed by atoms with Crippen LogP contribution in [-0.2, 0) is 11.8 Å². The highest BCUT2D eigenvalue weighted by atomic mass is 16.5. The zero-order valence-corrected chi connectivity index (χ0v) is 21.4. The van der Waals surface area contributed by atoms with Gasteiger partial charge in [0, 0.05) is 63.6 Å². The van der Waals surface area contributed by atoms with Gasteiger partial charge in [-0.1, -0.05) is 0 Å². The van der Waals surface area contributed by atoms with Crippen LogP contribution >= 0.6 is 0 Å². The van der Waals surface area contributed by atoms with Gasteiger partial charge in [0.15, 0.2) is 5.82 Å². The Morgan fingerprint density at radius 2 is 1.92 bits per heavy atom. The van der Waals surface area contributed by atoms with Crippen LogP contribution in [0, 0.1) is 6.92 Å². The molecule has 0 aromatic carbocycles. The lowest BCUT2D eigenvalue weighted by Gasteiger charge is -2.26. The van der Waals surface area contributed by atoms with Crippen LogP contribution in [0.3, 0.4) is 0 Å². The quantitative estimate of drug-likeness (QED) is 0.343. The third-order valence-corrected chi connectivity index (χ3v) is 6.87. The molecule has 1 amide bonds. The first-order chi connectivity index (χ1) is 18.6. The summed E-state index contributed by atoms with van der Waals surface area (Å²) in [5.41, 5.74) is 6.00. The Labute approximate surface area is 219 Å². The summed E-state index contributed by atoms with van der Waals surface area (Å²) >= 11 is 0. The third kappa shape index (κ3) is 4.69. The molecule has 11 heteroatoms. The van der Waals surface area contributed by atoms with Crippen LogP contribution in [0.25, 0.3) is 27.5 Å². The molecule has 0 radical (unpaired) electrons. The van der Waals surface area contributed by atoms with Gasteiger partial charge in [-0.2, -0.15) is 10.2 Å². The smallest absolute Gasteiger partial charge is 0.252 e. The monoisotopic (exact) mass is 511 g/mol. The number of nitrogens with one attached hydrogen (secondary N) is 2. The first kappa shape index (κ1) is 24.0. The number of fused-ring (bicyclic) bond motifs is 3. The molecule has 2 N–H and O–H groups in total. The van der Waals surface area contributed by atoms with Gasteiger partial charge in [-0.3, -0.25) is 24.3 Å². The Bertz CT molecular complexity index is 1600. The van der Waals surface area contributed by atoms with E-state index in [-0.39, 0.29) is 5.91 Å². The molecule has 6 heterocycles. The van der Waals surface area contributed by atoms with Crippen molar-refractivity contribution in [1.82, 2.24) is 39.6 Å². The van der Waals surface area contributed by atoms with E-state index in [1.165, 1.54) is 0 Å². The number of ether oxygens (including phenoxy) is 1. The molecule has 0 atom stereocenters. The van der Waals surface area contributed by atoms with E-state index in [0.29, 0.717) is 17.9 Å². The van der Waals surface area contributed by atoms with Gasteiger partial charge in [0.05, 0.1) is 52.8 Å². The summed E-state index contributed by atoms with van der Waals surface area (Å²) in [4.78, 5) is 23.7. The lowest BCUT2D eigenvalue weighted by Crippen LogP contribution is -2.41. The number of pyridine rings is 2. The Hall–Kier alpha value is -4.35. The molecule has 1 saturated heterocycles. The number of carbonyl (C=O) groups excluding carboxylic acids is 1. The Morgan fingerprint density at radius 1 is 1.11 bits per heavy atom. The number of hydrogen-bond donors (Lipinski definition) is 2. The molecule has 5 aromatic rings. The molecule has 1 aliphatic heterocycles. The Kier molecular flexibility index (Phi) is 6.44. The second-order valence-corrected chi connectivity index (χ2v) is 9.37. The van der Waals surface area contributed by atoms with Gasteiger partial charge >= 0.3 is 0 Å². The van der Waals surface area contributed by atoms with Crippen molar-refractivity contribution in [2.24, 2.45) is 7.05 Å². The summed E-state index contributed by atoms with van der Waals surface area (Å²) in [7, 11) is 1.91. The van der Waals surface area contributed by atoms with E-state index in [4.69, 9.17) is 9.84 Å². The third-order valence-electron chi connectivity index (χ3n) is 6.87. The van der Waals surface area contributed by atoms with E-state index >= 15 is 0 Å². The van der Waals surface area contributed by atoms with Crippen molar-refractivity contribution in [3.05, 3.63) is 66.5 Å². The van der Waals surface area contributed by atoms with Crippen molar-refractivity contribution in [2.75, 3.05) is 44.7 Å². The van der Waals surface area contributed by atoms with Crippen LogP contribution in [0.4, 0.5) is 11.5 Å². The highest BCUT2D eigenvalue weighted by molar-refractivity contribution is 6.01. The molecule has 0 spiro atoms. The standard InChI is InChI=1S/C27H29N9O2/c1-18-23(13-20(15-30-18)27(37)29-7-8-35-9-11-38-12-10-35)32-26-22-16-31-36-17-21(19-3-5-28-6-4-19)14-24(36)25(22)34(2)33-26/h3-6,13-17H,7-12H2,1-2H3,(H,29,37)(H,32,33). The molecule has 1 fully saturated rings. The average molecular weight is 512 g/mol. The SMILES string of the molecule is Cc1ncc(C(=O)NCCN2CCOCC2)cc1Nc1nn(C)c2c1cnn1cc(-c3ccncc3)cc21. The van der Waals surface area contributed by atoms with E-state index in [1.54, 1.807) is 24.8 Å². The van der Waals surface area contributed by atoms with E-state index in [1.807, 2.05) is 47.6 Å². The van der Waals surface area contributed by atoms with Gasteiger partial charge in [-0.25, -0.2) is 4.52 Å². The fourth-order valence-electron chi connectivity index (χ4n) is 4.77. The minimum atomic E-state index is -0.153. The van der Waals surface area contributed by atoms with Crippen LogP contribution < -0.4 is 10.6 Å². The molecular weight excluding hydrogens is 482 g/mol. The fourth-order valence-corrected chi connectivity index (χ4v) is 4.77. The van der Waals surface area contributed by atoms with Gasteiger partial charge in [-0.05, 0) is 36.8 Å². The average Bonchev–Trinajstić information content (AvgIpc) is 3.52. The fraction of sp³-hybridized carbons (Fsp3) is 0.296. The molecule has 5 aromatic heterocycles. The molecule has 0 aliphatic carbocycles. The highest BCUT2D eigenvalue weighted by Crippen LogP contribution is 2.31. The van der Waals surface area contributed by atoms with Gasteiger partial charge in [0.2, 0.25) is 0 Å². The number of aromatic nitrogens is 6. The number of rotatable bonds is 7. The maximum Gasteiger partial charge on any atom is 0.252 e. The number of amides is 1. The van der Waals surface area contributed by atoms with E-state index in [0.717, 1.165) is 71.8 Å². The predicted octanol–water partition coefficient (Wildman–Crippen LogP) is 2.79. The normalized spacial score (nSPS) is 14.3. The minimum absolute atomic E-state index is 0.153. The number of hydrogen-bond acceptors (Lipinski definition) is 8. The van der Waals surface area contributed by atoms with Crippen LogP contribution in [0.5, 0.6) is 0 Å². The maximum atomic E-state index is 12.8. The van der Waals surface area contributed by atoms with Crippen LogP contribution in [0.1, 0.15) is 16.1 Å². The Morgan fingerprint density at radius 3 is 2.74 bits per heavy atom. The molecule has 1 aliphatic rings. The number of aryl methyl sites for hydroxylation is 2. The van der Waals surface area contributed by atoms with Crippen LogP contribution in [-0.4, -0.2) is 79.6 Å².